The molecule has 0 aliphatic rings. The zero-order chi connectivity index (χ0) is 14.5. The predicted molar refractivity (Wildman–Crippen MR) is 79.6 cm³/mol. The summed E-state index contributed by atoms with van der Waals surface area (Å²) in [6, 6.07) is 11.4. The van der Waals surface area contributed by atoms with Gasteiger partial charge in [0.1, 0.15) is 28.9 Å². The smallest absolute Gasteiger partial charge is 0.123 e. The molecule has 0 aliphatic heterocycles. The number of ether oxygens (including phenoxy) is 2. The second kappa shape index (κ2) is 6.34. The molecule has 20 heavy (non-hydrogen) atoms. The molecule has 0 unspecified atom stereocenters. The van der Waals surface area contributed by atoms with Crippen molar-refractivity contribution < 1.29 is 13.9 Å². The van der Waals surface area contributed by atoms with Gasteiger partial charge in [0.25, 0.3) is 0 Å². The molecule has 2 N–H and O–H groups in total. The highest BCUT2D eigenvalue weighted by molar-refractivity contribution is 7.80. The van der Waals surface area contributed by atoms with Crippen LogP contribution in [0.1, 0.15) is 11.1 Å². The molecule has 5 heteroatoms. The van der Waals surface area contributed by atoms with Crippen LogP contribution < -0.4 is 15.2 Å². The summed E-state index contributed by atoms with van der Waals surface area (Å²) >= 11 is 4.94. The number of hydrogen-bond acceptors (Lipinski definition) is 3. The molecule has 2 aromatic carbocycles. The minimum Gasteiger partial charge on any atom is -0.497 e. The monoisotopic (exact) mass is 291 g/mol. The molecule has 0 fully saturated rings. The van der Waals surface area contributed by atoms with Crippen LogP contribution in [0.5, 0.6) is 11.5 Å². The predicted octanol–water partition coefficient (Wildman–Crippen LogP) is 3.05. The van der Waals surface area contributed by atoms with Gasteiger partial charge in [0.2, 0.25) is 0 Å². The van der Waals surface area contributed by atoms with Crippen LogP contribution in [0.2, 0.25) is 0 Å². The largest absolute Gasteiger partial charge is 0.497 e. The first kappa shape index (κ1) is 14.3. The van der Waals surface area contributed by atoms with E-state index in [2.05, 4.69) is 0 Å². The molecule has 0 atom stereocenters. The molecular formula is C15H14FNO2S. The molecule has 2 aromatic rings. The third kappa shape index (κ3) is 3.45. The molecule has 0 aromatic heterocycles. The summed E-state index contributed by atoms with van der Waals surface area (Å²) in [5.74, 6) is 0.966. The minimum atomic E-state index is -0.353. The number of halogens is 1. The average Bonchev–Trinajstić information content (AvgIpc) is 2.45. The van der Waals surface area contributed by atoms with E-state index >= 15 is 0 Å². The number of nitrogens with two attached hydrogens (primary N) is 1. The molecule has 0 saturated heterocycles. The minimum absolute atomic E-state index is 0.178. The van der Waals surface area contributed by atoms with Crippen molar-refractivity contribution in [1.29, 1.82) is 0 Å². The maximum absolute atomic E-state index is 13.3. The fourth-order valence-corrected chi connectivity index (χ4v) is 1.97. The third-order valence-electron chi connectivity index (χ3n) is 2.77. The Kier molecular flexibility index (Phi) is 4.53. The Bertz CT molecular complexity index is 631. The highest BCUT2D eigenvalue weighted by Crippen LogP contribution is 2.21. The Hall–Kier alpha value is -2.14. The molecule has 2 rings (SSSR count). The first-order chi connectivity index (χ1) is 9.60. The summed E-state index contributed by atoms with van der Waals surface area (Å²) < 4.78 is 24.0. The van der Waals surface area contributed by atoms with Gasteiger partial charge >= 0.3 is 0 Å². The van der Waals surface area contributed by atoms with Crippen molar-refractivity contribution in [2.24, 2.45) is 5.73 Å². The second-order valence-corrected chi connectivity index (χ2v) is 4.57. The molecule has 0 heterocycles. The van der Waals surface area contributed by atoms with Crippen LogP contribution >= 0.6 is 12.2 Å². The van der Waals surface area contributed by atoms with Crippen molar-refractivity contribution in [1.82, 2.24) is 0 Å². The first-order valence-corrected chi connectivity index (χ1v) is 6.36. The summed E-state index contributed by atoms with van der Waals surface area (Å²) in [5.41, 5.74) is 6.84. The van der Waals surface area contributed by atoms with Gasteiger partial charge in [0.15, 0.2) is 0 Å². The van der Waals surface area contributed by atoms with Gasteiger partial charge < -0.3 is 15.2 Å². The molecular weight excluding hydrogens is 277 g/mol. The van der Waals surface area contributed by atoms with E-state index in [0.717, 1.165) is 0 Å². The maximum atomic E-state index is 13.3. The first-order valence-electron chi connectivity index (χ1n) is 5.95. The Morgan fingerprint density at radius 1 is 1.20 bits per heavy atom. The quantitative estimate of drug-likeness (QED) is 0.860. The van der Waals surface area contributed by atoms with Crippen molar-refractivity contribution in [3.05, 3.63) is 59.4 Å². The van der Waals surface area contributed by atoms with E-state index in [1.807, 2.05) is 12.1 Å². The van der Waals surface area contributed by atoms with Crippen molar-refractivity contribution in [3.63, 3.8) is 0 Å². The van der Waals surface area contributed by atoms with Crippen molar-refractivity contribution in [2.45, 2.75) is 6.61 Å². The zero-order valence-corrected chi connectivity index (χ0v) is 11.7. The molecule has 0 spiro atoms. The van der Waals surface area contributed by atoms with E-state index in [9.17, 15) is 4.39 Å². The number of rotatable bonds is 5. The van der Waals surface area contributed by atoms with Crippen LogP contribution in [0.4, 0.5) is 4.39 Å². The summed E-state index contributed by atoms with van der Waals surface area (Å²) in [6.07, 6.45) is 0. The Morgan fingerprint density at radius 3 is 2.65 bits per heavy atom. The van der Waals surface area contributed by atoms with E-state index < -0.39 is 0 Å². The fourth-order valence-electron chi connectivity index (χ4n) is 1.77. The van der Waals surface area contributed by atoms with Gasteiger partial charge in [-0.1, -0.05) is 18.3 Å². The van der Waals surface area contributed by atoms with Gasteiger partial charge in [-0.3, -0.25) is 0 Å². The summed E-state index contributed by atoms with van der Waals surface area (Å²) in [4.78, 5) is 0.217. The molecule has 0 radical (unpaired) electrons. The van der Waals surface area contributed by atoms with Crippen LogP contribution in [0.25, 0.3) is 0 Å². The van der Waals surface area contributed by atoms with E-state index in [-0.39, 0.29) is 17.4 Å². The van der Waals surface area contributed by atoms with Crippen LogP contribution in [0.15, 0.2) is 42.5 Å². The summed E-state index contributed by atoms with van der Waals surface area (Å²) in [5, 5.41) is 0. The normalized spacial score (nSPS) is 10.1. The third-order valence-corrected chi connectivity index (χ3v) is 2.99. The molecule has 0 aliphatic carbocycles. The van der Waals surface area contributed by atoms with E-state index in [1.165, 1.54) is 12.1 Å². The molecule has 3 nitrogen and oxygen atoms in total. The van der Waals surface area contributed by atoms with Gasteiger partial charge in [-0.2, -0.15) is 0 Å². The van der Waals surface area contributed by atoms with Crippen molar-refractivity contribution >= 4 is 17.2 Å². The molecule has 0 amide bonds. The molecule has 0 bridgehead atoms. The number of benzene rings is 2. The molecule has 0 saturated carbocycles. The van der Waals surface area contributed by atoms with Gasteiger partial charge in [-0.25, -0.2) is 4.39 Å². The van der Waals surface area contributed by atoms with Crippen LogP contribution in [0, 0.1) is 5.82 Å². The van der Waals surface area contributed by atoms with Crippen LogP contribution in [-0.2, 0) is 6.61 Å². The van der Waals surface area contributed by atoms with Gasteiger partial charge in [0.05, 0.1) is 7.11 Å². The fraction of sp³-hybridized carbons (Fsp3) is 0.133. The lowest BCUT2D eigenvalue weighted by atomic mass is 10.1. The number of thiocarbonyl (C=S) groups is 1. The van der Waals surface area contributed by atoms with Gasteiger partial charge in [0, 0.05) is 17.2 Å². The topological polar surface area (TPSA) is 44.5 Å². The number of methoxy groups -OCH3 is 1. The summed E-state index contributed by atoms with van der Waals surface area (Å²) in [6.45, 7) is 0.178. The zero-order valence-electron chi connectivity index (χ0n) is 10.9. The SMILES string of the molecule is COc1cccc(OCc2cc(F)ccc2C(N)=S)c1. The van der Waals surface area contributed by atoms with Gasteiger partial charge in [-0.15, -0.1) is 0 Å². The lowest BCUT2D eigenvalue weighted by Gasteiger charge is -2.11. The van der Waals surface area contributed by atoms with Crippen LogP contribution in [0.3, 0.4) is 0 Å². The lowest BCUT2D eigenvalue weighted by Crippen LogP contribution is -2.13. The van der Waals surface area contributed by atoms with E-state index in [1.54, 1.807) is 25.3 Å². The van der Waals surface area contributed by atoms with E-state index in [0.29, 0.717) is 22.6 Å². The highest BCUT2D eigenvalue weighted by atomic mass is 32.1. The van der Waals surface area contributed by atoms with Gasteiger partial charge in [-0.05, 0) is 30.3 Å². The highest BCUT2D eigenvalue weighted by Gasteiger charge is 2.08. The second-order valence-electron chi connectivity index (χ2n) is 4.13. The van der Waals surface area contributed by atoms with Crippen LogP contribution in [-0.4, -0.2) is 12.1 Å². The standard InChI is InChI=1S/C15H14FNO2S/c1-18-12-3-2-4-13(8-12)19-9-10-7-11(16)5-6-14(10)15(17)20/h2-8H,9H2,1H3,(H2,17,20). The van der Waals surface area contributed by atoms with Crippen molar-refractivity contribution in [3.8, 4) is 11.5 Å². The van der Waals surface area contributed by atoms with Crippen molar-refractivity contribution in [2.75, 3.05) is 7.11 Å². The van der Waals surface area contributed by atoms with E-state index in [4.69, 9.17) is 27.4 Å². The average molecular weight is 291 g/mol. The molecule has 104 valence electrons. The number of hydrogen-bond donors (Lipinski definition) is 1. The lowest BCUT2D eigenvalue weighted by molar-refractivity contribution is 0.303. The Labute approximate surface area is 122 Å². The maximum Gasteiger partial charge on any atom is 0.123 e. The summed E-state index contributed by atoms with van der Waals surface area (Å²) in [7, 11) is 1.58. The Morgan fingerprint density at radius 2 is 1.95 bits per heavy atom. The Balaban J connectivity index is 2.17.